The largest absolute Gasteiger partial charge is 0.493 e. The zero-order chi connectivity index (χ0) is 47.6. The molecule has 0 aromatic heterocycles. The van der Waals surface area contributed by atoms with Gasteiger partial charge in [-0.05, 0) is 63.5 Å². The monoisotopic (exact) mass is 994 g/mol. The molecule has 362 valence electrons. The van der Waals surface area contributed by atoms with Crippen LogP contribution in [0.3, 0.4) is 0 Å². The number of methoxy groups -OCH3 is 2. The number of alkyl halides is 2. The Bertz CT molecular complexity index is 2260. The Kier molecular flexibility index (Phi) is 16.1. The molecule has 2 aliphatic heterocycles. The van der Waals surface area contributed by atoms with E-state index in [0.717, 1.165) is 0 Å². The van der Waals surface area contributed by atoms with E-state index >= 15 is 4.57 Å². The number of thiol groups is 1. The number of hydrogen-bond donors (Lipinski definition) is 5. The summed E-state index contributed by atoms with van der Waals surface area (Å²) in [5.41, 5.74) is 0.0874. The van der Waals surface area contributed by atoms with Crippen LogP contribution in [0.1, 0.15) is 65.7 Å². The molecular weight excluding hydrogens is 938 g/mol. The van der Waals surface area contributed by atoms with Crippen molar-refractivity contribution in [2.45, 2.75) is 68.0 Å². The average molecular weight is 995 g/mol. The zero-order valence-electron chi connectivity index (χ0n) is 36.5. The van der Waals surface area contributed by atoms with Crippen LogP contribution in [0, 0.1) is 23.7 Å². The number of rotatable bonds is 20. The Morgan fingerprint density at radius 3 is 1.60 bits per heavy atom. The third-order valence-corrected chi connectivity index (χ3v) is 18.6. The van der Waals surface area contributed by atoms with Gasteiger partial charge in [-0.15, -0.1) is 0 Å². The van der Waals surface area contributed by atoms with E-state index < -0.39 is 85.9 Å². The van der Waals surface area contributed by atoms with Gasteiger partial charge >= 0.3 is 0 Å². The van der Waals surface area contributed by atoms with Gasteiger partial charge in [-0.1, -0.05) is 0 Å². The number of anilines is 2. The lowest BCUT2D eigenvalue weighted by Gasteiger charge is -2.29. The molecule has 4 aliphatic rings. The van der Waals surface area contributed by atoms with Crippen LogP contribution in [-0.4, -0.2) is 149 Å². The Morgan fingerprint density at radius 2 is 1.20 bits per heavy atom. The van der Waals surface area contributed by atoms with Gasteiger partial charge in [0, 0.05) is 85.8 Å². The van der Waals surface area contributed by atoms with Crippen LogP contribution in [0.5, 0.6) is 23.0 Å². The fraction of sp³-hybridized carbons (Fsp3) is 0.634. The topological polar surface area (TPSA) is 244 Å². The molecule has 8 atom stereocenters. The van der Waals surface area contributed by atoms with Gasteiger partial charge in [-0.2, -0.15) is 29.5 Å². The Balaban J connectivity index is 1.22. The van der Waals surface area contributed by atoms with E-state index in [1.165, 1.54) is 38.5 Å². The molecule has 65 heavy (non-hydrogen) atoms. The number of benzene rings is 2. The molecule has 0 saturated heterocycles. The molecule has 2 aromatic rings. The van der Waals surface area contributed by atoms with Gasteiger partial charge < -0.3 is 39.0 Å². The summed E-state index contributed by atoms with van der Waals surface area (Å²) in [7, 11) is -7.07. The standard InChI is InChI=1S/C41H57F2N4O14PS3/c1-46(37(48)7-5-14-63)8-6-9-47(2)62(51,12-10-60-35-21-31-29(19-33(35)58-3)38(49)25-15-23(42)17-27(25)40(44-31)64(52,53)54)13-11-61-36-22-32-30(20-34(36)59-4)39(50)26-16-24(43)18-28(26)41(45-32)65(55,56)57/h19-28,40-41,44-45,63H,5-18H2,1-4H3,(H,52,53,54)(H,55,56,57)/t23-,24-,25?,26?,27-,28-,40+,41+,62?/m1/s1. The Morgan fingerprint density at radius 1 is 0.754 bits per heavy atom. The first kappa shape index (κ1) is 50.7. The maximum atomic E-state index is 15.0. The number of carbonyl (C=O) groups is 3. The van der Waals surface area contributed by atoms with Crippen molar-refractivity contribution < 1.29 is 72.6 Å². The normalized spacial score (nSPS) is 26.0. The molecule has 0 spiro atoms. The van der Waals surface area contributed by atoms with Gasteiger partial charge in [0.1, 0.15) is 12.3 Å². The van der Waals surface area contributed by atoms with Crippen molar-refractivity contribution >= 4 is 69.0 Å². The van der Waals surface area contributed by atoms with E-state index in [4.69, 9.17) is 18.9 Å². The maximum Gasteiger partial charge on any atom is 0.286 e. The van der Waals surface area contributed by atoms with Gasteiger partial charge in [0.05, 0.1) is 38.8 Å². The van der Waals surface area contributed by atoms with Gasteiger partial charge in [0.15, 0.2) is 52.6 Å². The highest BCUT2D eigenvalue weighted by atomic mass is 32.2. The predicted octanol–water partition coefficient (Wildman–Crippen LogP) is 5.30. The first-order valence-corrected chi connectivity index (χ1v) is 26.9. The number of hydrogen-bond acceptors (Lipinski definition) is 15. The highest BCUT2D eigenvalue weighted by Crippen LogP contribution is 2.51. The van der Waals surface area contributed by atoms with E-state index in [1.54, 1.807) is 23.7 Å². The highest BCUT2D eigenvalue weighted by molar-refractivity contribution is 7.86. The van der Waals surface area contributed by atoms with Crippen LogP contribution in [0.2, 0.25) is 0 Å². The summed E-state index contributed by atoms with van der Waals surface area (Å²) < 4.78 is 139. The maximum absolute atomic E-state index is 15.0. The molecule has 24 heteroatoms. The van der Waals surface area contributed by atoms with Gasteiger partial charge in [-0.25, -0.2) is 8.78 Å². The number of ether oxygens (including phenoxy) is 4. The van der Waals surface area contributed by atoms with Gasteiger partial charge in [0.25, 0.3) is 20.2 Å². The van der Waals surface area contributed by atoms with E-state index in [9.17, 15) is 49.1 Å². The van der Waals surface area contributed by atoms with E-state index in [1.807, 2.05) is 0 Å². The molecule has 2 aliphatic carbocycles. The Labute approximate surface area is 383 Å². The van der Waals surface area contributed by atoms with Gasteiger partial charge in [0.2, 0.25) is 5.91 Å². The molecule has 0 bridgehead atoms. The quantitative estimate of drug-likeness (QED) is 0.0642. The number of Topliss-reactive ketones (excluding diaryl/α,β-unsaturated/α-hetero) is 2. The third-order valence-electron chi connectivity index (χ3n) is 12.9. The van der Waals surface area contributed by atoms with Crippen LogP contribution in [-0.2, 0) is 29.6 Å². The third kappa shape index (κ3) is 11.4. The predicted molar refractivity (Wildman–Crippen MR) is 241 cm³/mol. The van der Waals surface area contributed by atoms with E-state index in [0.29, 0.717) is 31.6 Å². The first-order valence-electron chi connectivity index (χ1n) is 21.3. The number of carbonyl (C=O) groups excluding carboxylic acids is 3. The van der Waals surface area contributed by atoms with Crippen LogP contribution < -0.4 is 29.6 Å². The molecule has 1 amide bonds. The summed E-state index contributed by atoms with van der Waals surface area (Å²) in [5, 5.41) is 2.11. The number of fused-ring (bicyclic) bond motifs is 4. The Hall–Kier alpha value is -3.73. The molecule has 0 radical (unpaired) electrons. The summed E-state index contributed by atoms with van der Waals surface area (Å²) in [4.78, 5) is 41.5. The van der Waals surface area contributed by atoms with E-state index in [2.05, 4.69) is 23.3 Å². The number of ketones is 2. The molecule has 2 unspecified atom stereocenters. The second-order valence-corrected chi connectivity index (χ2v) is 23.8. The molecular formula is C41H57F2N4O14PS3. The smallest absolute Gasteiger partial charge is 0.286 e. The van der Waals surface area contributed by atoms with Crippen molar-refractivity contribution in [1.82, 2.24) is 9.57 Å². The second-order valence-electron chi connectivity index (χ2n) is 17.0. The van der Waals surface area contributed by atoms with Crippen molar-refractivity contribution in [3.05, 3.63) is 35.4 Å². The van der Waals surface area contributed by atoms with Crippen molar-refractivity contribution in [3.8, 4) is 23.0 Å². The number of nitrogens with one attached hydrogen (secondary N) is 2. The molecule has 2 heterocycles. The summed E-state index contributed by atoms with van der Waals surface area (Å²) >= 11 is 4.17. The van der Waals surface area contributed by atoms with Crippen LogP contribution in [0.4, 0.5) is 20.2 Å². The number of amides is 1. The number of halogens is 2. The molecule has 2 saturated carbocycles. The summed E-state index contributed by atoms with van der Waals surface area (Å²) in [6.07, 6.45) is -2.55. The zero-order valence-corrected chi connectivity index (χ0v) is 39.9. The van der Waals surface area contributed by atoms with Crippen molar-refractivity contribution in [2.75, 3.05) is 83.3 Å². The van der Waals surface area contributed by atoms with E-state index in [-0.39, 0.29) is 109 Å². The van der Waals surface area contributed by atoms with Crippen LogP contribution in [0.15, 0.2) is 24.3 Å². The minimum Gasteiger partial charge on any atom is -0.493 e. The summed E-state index contributed by atoms with van der Waals surface area (Å²) in [6.45, 7) is 0.255. The van der Waals surface area contributed by atoms with Crippen molar-refractivity contribution in [3.63, 3.8) is 0 Å². The molecule has 18 nitrogen and oxygen atoms in total. The van der Waals surface area contributed by atoms with Gasteiger partial charge in [-0.3, -0.25) is 28.2 Å². The molecule has 2 fully saturated rings. The van der Waals surface area contributed by atoms with Crippen molar-refractivity contribution in [1.29, 1.82) is 0 Å². The van der Waals surface area contributed by atoms with Crippen LogP contribution >= 0.6 is 19.9 Å². The SMILES string of the molecule is COc1cc2c(cc1OCCP(=O)(CCOc1cc3c(cc1OC)C(=O)C1C[C@@H](F)C[C@H]1[C@H](S(=O)(=O)O)N3)N(C)CCCN(C)C(=O)CCCS)N[C@@H](S(=O)(=O)O)[C@@H]1C[C@H](F)CC1C2=O. The minimum absolute atomic E-state index is 0.0172. The highest BCUT2D eigenvalue weighted by Gasteiger charge is 2.51. The second kappa shape index (κ2) is 20.6. The van der Waals surface area contributed by atoms with Crippen molar-refractivity contribution in [2.24, 2.45) is 23.7 Å². The number of nitrogens with zero attached hydrogens (tertiary/aromatic N) is 2. The lowest BCUT2D eigenvalue weighted by molar-refractivity contribution is -0.129. The average Bonchev–Trinajstić information content (AvgIpc) is 3.77. The lowest BCUT2D eigenvalue weighted by atomic mass is 9.89. The fourth-order valence-corrected chi connectivity index (χ4v) is 13.8. The van der Waals surface area contributed by atoms with Crippen LogP contribution in [0.25, 0.3) is 0 Å². The summed E-state index contributed by atoms with van der Waals surface area (Å²) in [6, 6.07) is 5.38. The molecule has 6 rings (SSSR count). The minimum atomic E-state index is -4.80. The fourth-order valence-electron chi connectivity index (χ4n) is 9.42. The lowest BCUT2D eigenvalue weighted by Crippen LogP contribution is -2.38. The molecule has 2 aromatic carbocycles. The first-order chi connectivity index (χ1) is 30.6. The summed E-state index contributed by atoms with van der Waals surface area (Å²) in [5.74, 6) is -4.36. The molecule has 4 N–H and O–H groups in total.